The fraction of sp³-hybridized carbons (Fsp3) is 0.700. The van der Waals surface area contributed by atoms with Gasteiger partial charge in [-0.05, 0) is 31.7 Å². The second-order valence-corrected chi connectivity index (χ2v) is 5.71. The molecule has 1 unspecified atom stereocenters. The van der Waals surface area contributed by atoms with Crippen molar-refractivity contribution in [1.29, 1.82) is 0 Å². The first-order valence-corrected chi connectivity index (χ1v) is 9.43. The second-order valence-electron chi connectivity index (χ2n) is 5.71. The first-order valence-electron chi connectivity index (χ1n) is 9.43. The first kappa shape index (κ1) is 32.9. The Hall–Kier alpha value is -1.70. The lowest BCUT2D eigenvalue weighted by Gasteiger charge is -2.09. The van der Waals surface area contributed by atoms with Crippen LogP contribution in [-0.4, -0.2) is 45.2 Å². The standard InChI is InChI=1S/C8H19N.C6H14O2.2C3H4O2/c1-3-5-6-8(4-2)7-9;1-2-3-4-5-6(7)8;2*1-2-3(4)5/h8H,3-7,9H2,1-2H3;6-8H,2-5H2,1H3;2*2H,1H2,(H,4,5). The van der Waals surface area contributed by atoms with Crippen LogP contribution in [0.25, 0.3) is 0 Å². The van der Waals surface area contributed by atoms with Gasteiger partial charge in [0.05, 0.1) is 0 Å². The van der Waals surface area contributed by atoms with Gasteiger partial charge in [0.15, 0.2) is 6.29 Å². The van der Waals surface area contributed by atoms with Crippen molar-refractivity contribution in [1.82, 2.24) is 0 Å². The summed E-state index contributed by atoms with van der Waals surface area (Å²) >= 11 is 0. The minimum Gasteiger partial charge on any atom is -0.478 e. The summed E-state index contributed by atoms with van der Waals surface area (Å²) in [5.41, 5.74) is 5.52. The Morgan fingerprint density at radius 3 is 1.52 bits per heavy atom. The van der Waals surface area contributed by atoms with E-state index in [1.54, 1.807) is 0 Å². The predicted molar refractivity (Wildman–Crippen MR) is 110 cm³/mol. The normalized spacial score (nSPS) is 10.0. The van der Waals surface area contributed by atoms with E-state index in [4.69, 9.17) is 26.2 Å². The molecule has 0 aliphatic carbocycles. The maximum atomic E-state index is 9.25. The number of aliphatic hydroxyl groups excluding tert-OH is 1. The molecule has 162 valence electrons. The third kappa shape index (κ3) is 51.6. The van der Waals surface area contributed by atoms with Gasteiger partial charge >= 0.3 is 11.9 Å². The summed E-state index contributed by atoms with van der Waals surface area (Å²) in [7, 11) is 0. The molecule has 0 saturated carbocycles. The smallest absolute Gasteiger partial charge is 0.327 e. The van der Waals surface area contributed by atoms with E-state index in [9.17, 15) is 9.59 Å². The van der Waals surface area contributed by atoms with Gasteiger partial charge in [-0.1, -0.05) is 66.0 Å². The Balaban J connectivity index is -0.000000135. The fourth-order valence-electron chi connectivity index (χ4n) is 1.56. The van der Waals surface area contributed by atoms with E-state index in [1.807, 2.05) is 0 Å². The van der Waals surface area contributed by atoms with Crippen molar-refractivity contribution in [2.24, 2.45) is 11.7 Å². The largest absolute Gasteiger partial charge is 0.478 e. The number of aliphatic hydroxyl groups is 2. The highest BCUT2D eigenvalue weighted by Gasteiger charge is 2.00. The van der Waals surface area contributed by atoms with Crippen molar-refractivity contribution in [3.8, 4) is 0 Å². The summed E-state index contributed by atoms with van der Waals surface area (Å²) in [6, 6.07) is 0. The fourth-order valence-corrected chi connectivity index (χ4v) is 1.56. The average molecular weight is 392 g/mol. The third-order valence-corrected chi connectivity index (χ3v) is 3.29. The monoisotopic (exact) mass is 391 g/mol. The predicted octanol–water partition coefficient (Wildman–Crippen LogP) is 3.55. The molecule has 6 N–H and O–H groups in total. The summed E-state index contributed by atoms with van der Waals surface area (Å²) < 4.78 is 0. The number of rotatable bonds is 11. The number of nitrogens with two attached hydrogens (primary N) is 1. The van der Waals surface area contributed by atoms with Crippen LogP contribution in [0.3, 0.4) is 0 Å². The number of hydrogen-bond donors (Lipinski definition) is 5. The zero-order valence-electron chi connectivity index (χ0n) is 17.3. The molecule has 0 spiro atoms. The van der Waals surface area contributed by atoms with Gasteiger partial charge in [0.1, 0.15) is 0 Å². The number of aliphatic carboxylic acids is 2. The topological polar surface area (TPSA) is 141 Å². The second kappa shape index (κ2) is 29.1. The van der Waals surface area contributed by atoms with E-state index in [0.717, 1.165) is 43.9 Å². The molecule has 27 heavy (non-hydrogen) atoms. The molecule has 0 aromatic heterocycles. The molecule has 0 heterocycles. The minimum absolute atomic E-state index is 0.522. The molecule has 0 saturated heterocycles. The lowest BCUT2D eigenvalue weighted by atomic mass is 10.00. The van der Waals surface area contributed by atoms with Crippen molar-refractivity contribution < 1.29 is 30.0 Å². The summed E-state index contributed by atoms with van der Waals surface area (Å²) in [4.78, 5) is 18.5. The van der Waals surface area contributed by atoms with Crippen LogP contribution >= 0.6 is 0 Å². The van der Waals surface area contributed by atoms with Gasteiger partial charge in [-0.15, -0.1) is 0 Å². The van der Waals surface area contributed by atoms with Crippen molar-refractivity contribution in [2.45, 2.75) is 78.4 Å². The molecule has 1 atom stereocenters. The lowest BCUT2D eigenvalue weighted by molar-refractivity contribution is -0.132. The highest BCUT2D eigenvalue weighted by Crippen LogP contribution is 2.09. The summed E-state index contributed by atoms with van der Waals surface area (Å²) in [5, 5.41) is 31.9. The molecule has 0 aliphatic heterocycles. The molecule has 7 nitrogen and oxygen atoms in total. The van der Waals surface area contributed by atoms with Gasteiger partial charge in [0.25, 0.3) is 0 Å². The molecule has 0 fully saturated rings. The van der Waals surface area contributed by atoms with E-state index in [2.05, 4.69) is 33.9 Å². The Labute approximate surface area is 164 Å². The van der Waals surface area contributed by atoms with Crippen LogP contribution in [0, 0.1) is 5.92 Å². The van der Waals surface area contributed by atoms with Gasteiger partial charge in [0.2, 0.25) is 0 Å². The van der Waals surface area contributed by atoms with E-state index >= 15 is 0 Å². The van der Waals surface area contributed by atoms with Gasteiger partial charge in [-0.25, -0.2) is 9.59 Å². The van der Waals surface area contributed by atoms with Crippen LogP contribution in [-0.2, 0) is 9.59 Å². The number of unbranched alkanes of at least 4 members (excludes halogenated alkanes) is 3. The zero-order chi connectivity index (χ0) is 22.1. The van der Waals surface area contributed by atoms with Crippen molar-refractivity contribution in [3.63, 3.8) is 0 Å². The van der Waals surface area contributed by atoms with E-state index in [-0.39, 0.29) is 0 Å². The quantitative estimate of drug-likeness (QED) is 0.206. The minimum atomic E-state index is -1.10. The van der Waals surface area contributed by atoms with Crippen LogP contribution in [0.4, 0.5) is 0 Å². The highest BCUT2D eigenvalue weighted by molar-refractivity contribution is 5.79. The highest BCUT2D eigenvalue weighted by atomic mass is 16.5. The number of carboxylic acids is 2. The molecule has 0 amide bonds. The number of hydrogen-bond acceptors (Lipinski definition) is 5. The SMILES string of the molecule is C=CC(=O)O.C=CC(=O)O.CCCCC(CC)CN.CCCCCC(O)O. The van der Waals surface area contributed by atoms with Crippen LogP contribution in [0.2, 0.25) is 0 Å². The van der Waals surface area contributed by atoms with Gasteiger partial charge in [0, 0.05) is 12.2 Å². The van der Waals surface area contributed by atoms with Crippen molar-refractivity contribution >= 4 is 11.9 Å². The van der Waals surface area contributed by atoms with Crippen LogP contribution in [0.5, 0.6) is 0 Å². The molecule has 0 aromatic rings. The summed E-state index contributed by atoms with van der Waals surface area (Å²) in [5.74, 6) is -1.18. The molecular weight excluding hydrogens is 350 g/mol. The van der Waals surface area contributed by atoms with Crippen LogP contribution in [0.1, 0.15) is 72.1 Å². The molecule has 0 radical (unpaired) electrons. The van der Waals surface area contributed by atoms with Crippen molar-refractivity contribution in [3.05, 3.63) is 25.3 Å². The molecule has 0 bridgehead atoms. The Kier molecular flexibility index (Phi) is 35.5. The van der Waals surface area contributed by atoms with Gasteiger partial charge in [-0.3, -0.25) is 0 Å². The first-order chi connectivity index (χ1) is 12.7. The number of carboxylic acid groups (broad SMARTS) is 2. The van der Waals surface area contributed by atoms with Crippen LogP contribution in [0.15, 0.2) is 25.3 Å². The van der Waals surface area contributed by atoms with E-state index < -0.39 is 18.2 Å². The van der Waals surface area contributed by atoms with Gasteiger partial charge in [-0.2, -0.15) is 0 Å². The van der Waals surface area contributed by atoms with E-state index in [1.165, 1.54) is 25.7 Å². The Morgan fingerprint density at radius 2 is 1.30 bits per heavy atom. The molecule has 7 heteroatoms. The maximum absolute atomic E-state index is 9.25. The average Bonchev–Trinajstić information content (AvgIpc) is 2.64. The Bertz CT molecular complexity index is 323. The summed E-state index contributed by atoms with van der Waals surface area (Å²) in [6.45, 7) is 13.3. The third-order valence-electron chi connectivity index (χ3n) is 3.29. The lowest BCUT2D eigenvalue weighted by Crippen LogP contribution is -2.12. The van der Waals surface area contributed by atoms with Crippen LogP contribution < -0.4 is 5.73 Å². The molecular formula is C20H41NO6. The number of carbonyl (C=O) groups is 2. The summed E-state index contributed by atoms with van der Waals surface area (Å²) in [6.07, 6.45) is 9.46. The molecule has 0 rings (SSSR count). The van der Waals surface area contributed by atoms with Crippen molar-refractivity contribution in [2.75, 3.05) is 6.54 Å². The van der Waals surface area contributed by atoms with Gasteiger partial charge < -0.3 is 26.2 Å². The Morgan fingerprint density at radius 1 is 0.889 bits per heavy atom. The zero-order valence-corrected chi connectivity index (χ0v) is 17.3. The maximum Gasteiger partial charge on any atom is 0.327 e. The molecule has 0 aromatic carbocycles. The molecule has 0 aliphatic rings. The van der Waals surface area contributed by atoms with E-state index in [0.29, 0.717) is 6.42 Å².